The molecule has 0 aliphatic carbocycles. The Morgan fingerprint density at radius 3 is 3.00 bits per heavy atom. The number of likely N-dealkylation sites (tertiary alicyclic amines) is 1. The fourth-order valence-electron chi connectivity index (χ4n) is 1.52. The quantitative estimate of drug-likeness (QED) is 0.624. The van der Waals surface area contributed by atoms with Gasteiger partial charge in [0.05, 0.1) is 0 Å². The van der Waals surface area contributed by atoms with Crippen LogP contribution in [0.4, 0.5) is 4.79 Å². The number of rotatable bonds is 2. The van der Waals surface area contributed by atoms with Crippen LogP contribution in [-0.2, 0) is 4.74 Å². The number of nitrogens with zero attached hydrogens (tertiary/aromatic N) is 1. The molecule has 1 aliphatic heterocycles. The van der Waals surface area contributed by atoms with Gasteiger partial charge in [-0.1, -0.05) is 6.42 Å². The molecule has 1 unspecified atom stereocenters. The van der Waals surface area contributed by atoms with Crippen LogP contribution in [0.2, 0.25) is 0 Å². The first kappa shape index (κ1) is 9.81. The molecule has 0 N–H and O–H groups in total. The van der Waals surface area contributed by atoms with Crippen molar-refractivity contribution in [2.24, 2.45) is 0 Å². The SMILES string of the molecule is CN1CCCCC1COC(=O)Cl. The molecular weight excluding hydrogens is 178 g/mol. The summed E-state index contributed by atoms with van der Waals surface area (Å²) in [4.78, 5) is 12.5. The Bertz CT molecular complexity index is 163. The van der Waals surface area contributed by atoms with Crippen molar-refractivity contribution < 1.29 is 9.53 Å². The van der Waals surface area contributed by atoms with E-state index in [0.717, 1.165) is 13.0 Å². The Kier molecular flexibility index (Phi) is 3.82. The molecule has 12 heavy (non-hydrogen) atoms. The van der Waals surface area contributed by atoms with Crippen molar-refractivity contribution in [2.45, 2.75) is 25.3 Å². The molecule has 1 aliphatic rings. The molecule has 0 radical (unpaired) electrons. The molecule has 3 nitrogen and oxygen atoms in total. The lowest BCUT2D eigenvalue weighted by molar-refractivity contribution is 0.0965. The van der Waals surface area contributed by atoms with E-state index in [1.807, 2.05) is 7.05 Å². The molecule has 0 amide bonds. The summed E-state index contributed by atoms with van der Waals surface area (Å²) in [7, 11) is 2.05. The van der Waals surface area contributed by atoms with Gasteiger partial charge >= 0.3 is 5.43 Å². The summed E-state index contributed by atoms with van der Waals surface area (Å²) in [6.07, 6.45) is 3.55. The highest BCUT2D eigenvalue weighted by atomic mass is 35.5. The topological polar surface area (TPSA) is 29.5 Å². The summed E-state index contributed by atoms with van der Waals surface area (Å²) in [5, 5.41) is 0. The average Bonchev–Trinajstić information content (AvgIpc) is 2.03. The van der Waals surface area contributed by atoms with Gasteiger partial charge < -0.3 is 9.64 Å². The summed E-state index contributed by atoms with van der Waals surface area (Å²) in [6.45, 7) is 1.52. The molecule has 1 fully saturated rings. The Hall–Kier alpha value is -0.280. The van der Waals surface area contributed by atoms with Gasteiger partial charge in [-0.25, -0.2) is 4.79 Å². The Morgan fingerprint density at radius 2 is 2.42 bits per heavy atom. The van der Waals surface area contributed by atoms with Crippen LogP contribution in [0, 0.1) is 0 Å². The number of carbonyl (C=O) groups is 1. The molecule has 1 heterocycles. The summed E-state index contributed by atoms with van der Waals surface area (Å²) < 4.78 is 4.74. The minimum absolute atomic E-state index is 0.362. The van der Waals surface area contributed by atoms with Crippen molar-refractivity contribution in [2.75, 3.05) is 20.2 Å². The molecule has 1 atom stereocenters. The minimum atomic E-state index is -0.700. The molecule has 0 aromatic heterocycles. The van der Waals surface area contributed by atoms with Crippen LogP contribution in [0.5, 0.6) is 0 Å². The zero-order valence-electron chi connectivity index (χ0n) is 7.25. The fourth-order valence-corrected chi connectivity index (χ4v) is 1.58. The third-order valence-electron chi connectivity index (χ3n) is 2.31. The monoisotopic (exact) mass is 191 g/mol. The first-order chi connectivity index (χ1) is 5.70. The molecule has 0 bridgehead atoms. The molecule has 1 saturated heterocycles. The maximum atomic E-state index is 10.3. The summed E-state index contributed by atoms with van der Waals surface area (Å²) in [5.41, 5.74) is -0.700. The van der Waals surface area contributed by atoms with Crippen molar-refractivity contribution in [3.8, 4) is 0 Å². The number of ether oxygens (including phenoxy) is 1. The van der Waals surface area contributed by atoms with Gasteiger partial charge in [-0.2, -0.15) is 0 Å². The molecule has 0 saturated carbocycles. The van der Waals surface area contributed by atoms with E-state index in [4.69, 9.17) is 16.3 Å². The number of hydrogen-bond donors (Lipinski definition) is 0. The zero-order valence-corrected chi connectivity index (χ0v) is 8.01. The normalized spacial score (nSPS) is 25.3. The van der Waals surface area contributed by atoms with E-state index in [1.54, 1.807) is 0 Å². The highest BCUT2D eigenvalue weighted by Gasteiger charge is 2.19. The summed E-state index contributed by atoms with van der Waals surface area (Å²) in [6, 6.07) is 0.362. The Morgan fingerprint density at radius 1 is 1.67 bits per heavy atom. The molecule has 0 aromatic carbocycles. The standard InChI is InChI=1S/C8H14ClNO2/c1-10-5-3-2-4-7(10)6-12-8(9)11/h7H,2-6H2,1H3. The second kappa shape index (κ2) is 4.67. The number of halogens is 1. The number of piperidine rings is 1. The zero-order chi connectivity index (χ0) is 8.97. The first-order valence-corrected chi connectivity index (χ1v) is 4.60. The second-order valence-electron chi connectivity index (χ2n) is 3.18. The third-order valence-corrected chi connectivity index (χ3v) is 2.42. The lowest BCUT2D eigenvalue weighted by Crippen LogP contribution is -2.39. The fraction of sp³-hybridized carbons (Fsp3) is 0.875. The maximum Gasteiger partial charge on any atom is 0.403 e. The van der Waals surface area contributed by atoms with Crippen LogP contribution in [0.1, 0.15) is 19.3 Å². The van der Waals surface area contributed by atoms with Crippen molar-refractivity contribution in [3.63, 3.8) is 0 Å². The van der Waals surface area contributed by atoms with Crippen molar-refractivity contribution >= 4 is 17.0 Å². The molecule has 70 valence electrons. The van der Waals surface area contributed by atoms with Crippen LogP contribution in [0.15, 0.2) is 0 Å². The molecule has 4 heteroatoms. The molecule has 0 spiro atoms. The lowest BCUT2D eigenvalue weighted by Gasteiger charge is -2.31. The molecule has 1 rings (SSSR count). The third kappa shape index (κ3) is 2.99. The summed E-state index contributed by atoms with van der Waals surface area (Å²) in [5.74, 6) is 0. The van der Waals surface area contributed by atoms with E-state index in [0.29, 0.717) is 12.6 Å². The maximum absolute atomic E-state index is 10.3. The highest BCUT2D eigenvalue weighted by molar-refractivity contribution is 6.61. The van der Waals surface area contributed by atoms with Crippen LogP contribution in [-0.4, -0.2) is 36.6 Å². The summed E-state index contributed by atoms with van der Waals surface area (Å²) >= 11 is 5.07. The number of likely N-dealkylation sites (N-methyl/N-ethyl adjacent to an activating group) is 1. The lowest BCUT2D eigenvalue weighted by atomic mass is 10.0. The largest absolute Gasteiger partial charge is 0.452 e. The van der Waals surface area contributed by atoms with Crippen LogP contribution in [0.3, 0.4) is 0 Å². The van der Waals surface area contributed by atoms with Gasteiger partial charge in [0, 0.05) is 17.6 Å². The van der Waals surface area contributed by atoms with E-state index in [2.05, 4.69) is 4.90 Å². The predicted octanol–water partition coefficient (Wildman–Crippen LogP) is 1.85. The second-order valence-corrected chi connectivity index (χ2v) is 3.49. The molecule has 0 aromatic rings. The van der Waals surface area contributed by atoms with Gasteiger partial charge in [0.1, 0.15) is 6.61 Å². The van der Waals surface area contributed by atoms with E-state index < -0.39 is 5.43 Å². The van der Waals surface area contributed by atoms with Gasteiger partial charge in [0.15, 0.2) is 0 Å². The van der Waals surface area contributed by atoms with Gasteiger partial charge in [0.2, 0.25) is 0 Å². The smallest absolute Gasteiger partial charge is 0.403 e. The van der Waals surface area contributed by atoms with Crippen molar-refractivity contribution in [1.82, 2.24) is 4.90 Å². The van der Waals surface area contributed by atoms with Crippen molar-refractivity contribution in [3.05, 3.63) is 0 Å². The Balaban J connectivity index is 2.24. The van der Waals surface area contributed by atoms with Crippen LogP contribution < -0.4 is 0 Å². The van der Waals surface area contributed by atoms with E-state index in [-0.39, 0.29) is 0 Å². The van der Waals surface area contributed by atoms with Crippen LogP contribution in [0.25, 0.3) is 0 Å². The van der Waals surface area contributed by atoms with E-state index in [1.165, 1.54) is 12.8 Å². The van der Waals surface area contributed by atoms with Gasteiger partial charge in [-0.15, -0.1) is 0 Å². The average molecular weight is 192 g/mol. The minimum Gasteiger partial charge on any atom is -0.452 e. The van der Waals surface area contributed by atoms with E-state index in [9.17, 15) is 4.79 Å². The molecular formula is C8H14ClNO2. The highest BCUT2D eigenvalue weighted by Crippen LogP contribution is 2.15. The van der Waals surface area contributed by atoms with Gasteiger partial charge in [-0.3, -0.25) is 0 Å². The van der Waals surface area contributed by atoms with Crippen LogP contribution >= 0.6 is 11.6 Å². The van der Waals surface area contributed by atoms with Gasteiger partial charge in [0.25, 0.3) is 0 Å². The van der Waals surface area contributed by atoms with E-state index >= 15 is 0 Å². The number of hydrogen-bond acceptors (Lipinski definition) is 3. The Labute approximate surface area is 77.6 Å². The first-order valence-electron chi connectivity index (χ1n) is 4.22. The predicted molar refractivity (Wildman–Crippen MR) is 47.5 cm³/mol. The van der Waals surface area contributed by atoms with Crippen molar-refractivity contribution in [1.29, 1.82) is 0 Å². The van der Waals surface area contributed by atoms with Gasteiger partial charge in [-0.05, 0) is 26.4 Å². The number of carbonyl (C=O) groups excluding carboxylic acids is 1.